The van der Waals surface area contributed by atoms with E-state index in [0.29, 0.717) is 30.1 Å². The van der Waals surface area contributed by atoms with Gasteiger partial charge in [-0.05, 0) is 92.1 Å². The lowest BCUT2D eigenvalue weighted by molar-refractivity contribution is -0.140. The monoisotopic (exact) mass is 675 g/mol. The number of carbonyl (C=O) groups excluding carboxylic acids is 2. The molecule has 0 bridgehead atoms. The summed E-state index contributed by atoms with van der Waals surface area (Å²) in [6.07, 6.45) is 0.863. The number of hydrogen-bond donors (Lipinski definition) is 1. The molecule has 9 nitrogen and oxygen atoms in total. The number of nitrogens with one attached hydrogen (secondary N) is 1. The molecule has 2 atom stereocenters. The van der Waals surface area contributed by atoms with Gasteiger partial charge in [0, 0.05) is 19.0 Å². The van der Waals surface area contributed by atoms with Crippen LogP contribution < -0.4 is 19.1 Å². The van der Waals surface area contributed by atoms with E-state index >= 15 is 0 Å². The molecule has 1 N–H and O–H groups in total. The Morgan fingerprint density at radius 3 is 2.15 bits per heavy atom. The maximum atomic E-state index is 14.6. The largest absolute Gasteiger partial charge is 0.497 e. The molecular weight excluding hydrogens is 633 g/mol. The van der Waals surface area contributed by atoms with Crippen LogP contribution in [0.25, 0.3) is 0 Å². The molecule has 0 heterocycles. The average Bonchev–Trinajstić information content (AvgIpc) is 3.09. The fourth-order valence-electron chi connectivity index (χ4n) is 5.10. The van der Waals surface area contributed by atoms with Crippen LogP contribution >= 0.6 is 0 Å². The topological polar surface area (TPSA) is 105 Å². The van der Waals surface area contributed by atoms with Gasteiger partial charge in [-0.15, -0.1) is 0 Å². The third-order valence-corrected chi connectivity index (χ3v) is 9.66. The van der Waals surface area contributed by atoms with Gasteiger partial charge >= 0.3 is 0 Å². The van der Waals surface area contributed by atoms with Crippen LogP contribution in [0, 0.1) is 5.82 Å². The van der Waals surface area contributed by atoms with Crippen LogP contribution in [0.5, 0.6) is 11.5 Å². The van der Waals surface area contributed by atoms with Crippen LogP contribution in [0.4, 0.5) is 10.1 Å². The number of ether oxygens (including phenoxy) is 2. The van der Waals surface area contributed by atoms with Gasteiger partial charge in [-0.1, -0.05) is 49.4 Å². The molecule has 4 aromatic carbocycles. The predicted molar refractivity (Wildman–Crippen MR) is 184 cm³/mol. The number of hydrogen-bond acceptors (Lipinski definition) is 6. The number of methoxy groups -OCH3 is 1. The average molecular weight is 676 g/mol. The molecule has 0 radical (unpaired) electrons. The van der Waals surface area contributed by atoms with Gasteiger partial charge in [0.2, 0.25) is 11.8 Å². The second-order valence-corrected chi connectivity index (χ2v) is 13.2. The molecule has 0 fully saturated rings. The predicted octanol–water partition coefficient (Wildman–Crippen LogP) is 5.98. The molecular formula is C37H42FN3O6S. The van der Waals surface area contributed by atoms with Gasteiger partial charge in [0.25, 0.3) is 10.0 Å². The van der Waals surface area contributed by atoms with Crippen molar-refractivity contribution in [1.82, 2.24) is 10.2 Å². The number of halogens is 1. The van der Waals surface area contributed by atoms with Gasteiger partial charge in [0.1, 0.15) is 29.9 Å². The molecule has 0 aromatic heterocycles. The lowest BCUT2D eigenvalue weighted by atomic mass is 10.0. The van der Waals surface area contributed by atoms with Crippen molar-refractivity contribution in [2.45, 2.75) is 57.1 Å². The van der Waals surface area contributed by atoms with Crippen LogP contribution in [-0.4, -0.2) is 57.5 Å². The minimum atomic E-state index is -4.38. The van der Waals surface area contributed by atoms with Gasteiger partial charge < -0.3 is 19.7 Å². The second-order valence-electron chi connectivity index (χ2n) is 11.3. The fraction of sp³-hybridized carbons (Fsp3) is 0.297. The van der Waals surface area contributed by atoms with Gasteiger partial charge in [0.05, 0.1) is 24.3 Å². The van der Waals surface area contributed by atoms with E-state index in [-0.39, 0.29) is 35.5 Å². The Labute approximate surface area is 282 Å². The number of benzene rings is 4. The van der Waals surface area contributed by atoms with Crippen molar-refractivity contribution in [1.29, 1.82) is 0 Å². The molecule has 0 saturated heterocycles. The van der Waals surface area contributed by atoms with E-state index in [2.05, 4.69) is 5.32 Å². The third-order valence-electron chi connectivity index (χ3n) is 7.88. The molecule has 0 aliphatic rings. The lowest BCUT2D eigenvalue weighted by Gasteiger charge is -2.34. The quantitative estimate of drug-likeness (QED) is 0.157. The molecule has 48 heavy (non-hydrogen) atoms. The summed E-state index contributed by atoms with van der Waals surface area (Å²) in [5.41, 5.74) is 1.71. The Bertz CT molecular complexity index is 1750. The molecule has 0 saturated carbocycles. The van der Waals surface area contributed by atoms with Crippen LogP contribution in [0.3, 0.4) is 0 Å². The maximum absolute atomic E-state index is 14.6. The van der Waals surface area contributed by atoms with Crippen molar-refractivity contribution in [3.8, 4) is 11.5 Å². The minimum absolute atomic E-state index is 0.00479. The van der Waals surface area contributed by atoms with Gasteiger partial charge in [0.15, 0.2) is 0 Å². The number of nitrogens with zero attached hydrogens (tertiary/aromatic N) is 2. The number of anilines is 1. The van der Waals surface area contributed by atoms with Crippen molar-refractivity contribution in [2.24, 2.45) is 0 Å². The first-order valence-corrected chi connectivity index (χ1v) is 17.3. The smallest absolute Gasteiger partial charge is 0.264 e. The molecule has 0 spiro atoms. The SMILES string of the molecule is CCOc1ccc(N(CC(=O)N(Cc2cccc(OC)c2)C(Cc2ccccc2)C(=O)NC(C)CC)S(=O)(=O)c2ccc(F)cc2)cc1. The zero-order chi connectivity index (χ0) is 34.7. The van der Waals surface area contributed by atoms with Crippen molar-refractivity contribution in [2.75, 3.05) is 24.6 Å². The Kier molecular flexibility index (Phi) is 12.6. The zero-order valence-corrected chi connectivity index (χ0v) is 28.5. The Morgan fingerprint density at radius 1 is 0.854 bits per heavy atom. The molecule has 2 amide bonds. The summed E-state index contributed by atoms with van der Waals surface area (Å²) in [5.74, 6) is -0.483. The third kappa shape index (κ3) is 9.34. The molecule has 4 rings (SSSR count). The summed E-state index contributed by atoms with van der Waals surface area (Å²) >= 11 is 0. The fourth-order valence-corrected chi connectivity index (χ4v) is 6.51. The van der Waals surface area contributed by atoms with E-state index in [1.165, 1.54) is 12.0 Å². The number of carbonyl (C=O) groups is 2. The standard InChI is InChI=1S/C37H42FN3O6S/c1-5-27(3)39-37(43)35(24-28-11-8-7-9-12-28)40(25-29-13-10-14-33(23-29)46-4)36(42)26-41(31-17-19-32(20-18-31)47-6-2)48(44,45)34-21-15-30(38)16-22-34/h7-23,27,35H,5-6,24-26H2,1-4H3,(H,39,43). The maximum Gasteiger partial charge on any atom is 0.264 e. The van der Waals surface area contributed by atoms with Crippen LogP contribution in [0.2, 0.25) is 0 Å². The highest BCUT2D eigenvalue weighted by Gasteiger charge is 2.35. The van der Waals surface area contributed by atoms with Gasteiger partial charge in [-0.3, -0.25) is 13.9 Å². The van der Waals surface area contributed by atoms with Crippen LogP contribution in [0.1, 0.15) is 38.3 Å². The van der Waals surface area contributed by atoms with E-state index in [4.69, 9.17) is 9.47 Å². The number of rotatable bonds is 16. The van der Waals surface area contributed by atoms with Crippen molar-refractivity contribution >= 4 is 27.5 Å². The van der Waals surface area contributed by atoms with Gasteiger partial charge in [-0.25, -0.2) is 12.8 Å². The first-order chi connectivity index (χ1) is 23.0. The summed E-state index contributed by atoms with van der Waals surface area (Å²) < 4.78 is 54.0. The van der Waals surface area contributed by atoms with Crippen molar-refractivity contribution < 1.29 is 31.9 Å². The first kappa shape index (κ1) is 35.9. The van der Waals surface area contributed by atoms with Gasteiger partial charge in [-0.2, -0.15) is 0 Å². The van der Waals surface area contributed by atoms with E-state index in [1.54, 1.807) is 42.5 Å². The summed E-state index contributed by atoms with van der Waals surface area (Å²) in [6.45, 7) is 5.43. The highest BCUT2D eigenvalue weighted by atomic mass is 32.2. The van der Waals surface area contributed by atoms with Crippen LogP contribution in [0.15, 0.2) is 108 Å². The molecule has 4 aromatic rings. The first-order valence-electron chi connectivity index (χ1n) is 15.8. The number of amides is 2. The molecule has 2 unspecified atom stereocenters. The van der Waals surface area contributed by atoms with Crippen molar-refractivity contribution in [3.63, 3.8) is 0 Å². The minimum Gasteiger partial charge on any atom is -0.497 e. The van der Waals surface area contributed by atoms with Crippen LogP contribution in [-0.2, 0) is 32.6 Å². The highest BCUT2D eigenvalue weighted by molar-refractivity contribution is 7.92. The van der Waals surface area contributed by atoms with E-state index in [0.717, 1.165) is 34.1 Å². The second kappa shape index (κ2) is 16.8. The summed E-state index contributed by atoms with van der Waals surface area (Å²) in [4.78, 5) is 29.8. The van der Waals surface area contributed by atoms with E-state index in [9.17, 15) is 22.4 Å². The Morgan fingerprint density at radius 2 is 1.52 bits per heavy atom. The Hall–Kier alpha value is -4.90. The Balaban J connectivity index is 1.82. The molecule has 0 aliphatic carbocycles. The molecule has 11 heteroatoms. The highest BCUT2D eigenvalue weighted by Crippen LogP contribution is 2.27. The zero-order valence-electron chi connectivity index (χ0n) is 27.6. The summed E-state index contributed by atoms with van der Waals surface area (Å²) in [7, 11) is -2.84. The lowest BCUT2D eigenvalue weighted by Crippen LogP contribution is -2.54. The van der Waals surface area contributed by atoms with E-state index in [1.807, 2.05) is 57.2 Å². The van der Waals surface area contributed by atoms with Crippen molar-refractivity contribution in [3.05, 3.63) is 120 Å². The molecule has 0 aliphatic heterocycles. The normalized spacial score (nSPS) is 12.4. The van der Waals surface area contributed by atoms with E-state index < -0.39 is 34.3 Å². The number of sulfonamides is 1. The summed E-state index contributed by atoms with van der Waals surface area (Å²) in [6, 6.07) is 26.1. The summed E-state index contributed by atoms with van der Waals surface area (Å²) in [5, 5.41) is 3.02. The molecule has 254 valence electrons.